The highest BCUT2D eigenvalue weighted by Crippen LogP contribution is 2.28. The molecule has 2 rings (SSSR count). The number of hydrogen-bond acceptors (Lipinski definition) is 4. The van der Waals surface area contributed by atoms with E-state index in [1.165, 1.54) is 0 Å². The lowest BCUT2D eigenvalue weighted by Crippen LogP contribution is -2.29. The molecule has 25 heavy (non-hydrogen) atoms. The summed E-state index contributed by atoms with van der Waals surface area (Å²) in [4.78, 5) is 12.5. The van der Waals surface area contributed by atoms with Gasteiger partial charge in [0.1, 0.15) is 17.6 Å². The Kier molecular flexibility index (Phi) is 7.19. The van der Waals surface area contributed by atoms with Crippen molar-refractivity contribution in [2.24, 2.45) is 0 Å². The summed E-state index contributed by atoms with van der Waals surface area (Å²) in [5, 5.41) is 7.98. The van der Waals surface area contributed by atoms with E-state index in [2.05, 4.69) is 27.8 Å². The highest BCUT2D eigenvalue weighted by molar-refractivity contribution is 9.10. The molecule has 2 N–H and O–H groups in total. The molecule has 2 unspecified atom stereocenters. The minimum absolute atomic E-state index is 0.270. The molecule has 0 aliphatic rings. The average Bonchev–Trinajstić information content (AvgIpc) is 2.62. The summed E-state index contributed by atoms with van der Waals surface area (Å²) in [5.41, 5.74) is 2.12. The number of halogens is 1. The van der Waals surface area contributed by atoms with Crippen LogP contribution in [0.25, 0.3) is 0 Å². The Labute approximate surface area is 156 Å². The number of carbonyl (C=O) groups is 1. The molecule has 0 bridgehead atoms. The third kappa shape index (κ3) is 5.16. The SMILES string of the molecule is CC#CCOc1ccc(S(=O)C(C(=O)NO)c2cccc(Br)c2)cc1. The van der Waals surface area contributed by atoms with Crippen LogP contribution in [-0.4, -0.2) is 21.9 Å². The van der Waals surface area contributed by atoms with Gasteiger partial charge in [-0.15, -0.1) is 5.92 Å². The van der Waals surface area contributed by atoms with Crippen LogP contribution in [0.2, 0.25) is 0 Å². The predicted octanol–water partition coefficient (Wildman–Crippen LogP) is 3.21. The Bertz CT molecular complexity index is 827. The van der Waals surface area contributed by atoms with E-state index in [4.69, 9.17) is 9.94 Å². The number of amides is 1. The molecule has 0 aromatic heterocycles. The standard InChI is InChI=1S/C18H16BrNO4S/c1-2-3-11-24-15-7-9-16(10-8-15)25(23)17(18(21)20-22)13-5-4-6-14(19)12-13/h4-10,12,17,22H,11H2,1H3,(H,20,21). The van der Waals surface area contributed by atoms with E-state index in [0.717, 1.165) is 4.47 Å². The quantitative estimate of drug-likeness (QED) is 0.426. The summed E-state index contributed by atoms with van der Waals surface area (Å²) in [6, 6.07) is 13.5. The van der Waals surface area contributed by atoms with E-state index < -0.39 is 22.0 Å². The highest BCUT2D eigenvalue weighted by atomic mass is 79.9. The molecule has 7 heteroatoms. The molecule has 0 radical (unpaired) electrons. The second-order valence-corrected chi connectivity index (χ2v) is 7.35. The maximum atomic E-state index is 12.9. The third-order valence-corrected chi connectivity index (χ3v) is 5.40. The van der Waals surface area contributed by atoms with Crippen molar-refractivity contribution >= 4 is 32.6 Å². The predicted molar refractivity (Wildman–Crippen MR) is 98.6 cm³/mol. The van der Waals surface area contributed by atoms with Gasteiger partial charge in [-0.1, -0.05) is 34.0 Å². The van der Waals surface area contributed by atoms with Crippen molar-refractivity contribution in [2.75, 3.05) is 6.61 Å². The van der Waals surface area contributed by atoms with Crippen LogP contribution in [0, 0.1) is 11.8 Å². The molecule has 2 aromatic carbocycles. The fourth-order valence-corrected chi connectivity index (χ4v) is 3.83. The smallest absolute Gasteiger partial charge is 0.263 e. The second-order valence-electron chi connectivity index (χ2n) is 4.90. The molecule has 2 aromatic rings. The Morgan fingerprint density at radius 3 is 2.64 bits per heavy atom. The molecule has 0 heterocycles. The van der Waals surface area contributed by atoms with Crippen LogP contribution in [0.4, 0.5) is 0 Å². The molecule has 130 valence electrons. The van der Waals surface area contributed by atoms with Crippen LogP contribution in [-0.2, 0) is 15.6 Å². The van der Waals surface area contributed by atoms with E-state index in [0.29, 0.717) is 16.2 Å². The van der Waals surface area contributed by atoms with Gasteiger partial charge in [-0.3, -0.25) is 14.2 Å². The Balaban J connectivity index is 2.27. The third-order valence-electron chi connectivity index (χ3n) is 3.26. The Morgan fingerprint density at radius 1 is 1.32 bits per heavy atom. The summed E-state index contributed by atoms with van der Waals surface area (Å²) in [7, 11) is -1.70. The minimum Gasteiger partial charge on any atom is -0.481 e. The van der Waals surface area contributed by atoms with Crippen molar-refractivity contribution in [1.82, 2.24) is 5.48 Å². The topological polar surface area (TPSA) is 75.6 Å². The monoisotopic (exact) mass is 421 g/mol. The molecular weight excluding hydrogens is 406 g/mol. The fourth-order valence-electron chi connectivity index (χ4n) is 2.10. The van der Waals surface area contributed by atoms with Gasteiger partial charge in [0.25, 0.3) is 5.91 Å². The number of rotatable bonds is 6. The van der Waals surface area contributed by atoms with Crippen LogP contribution in [0.1, 0.15) is 17.7 Å². The largest absolute Gasteiger partial charge is 0.481 e. The lowest BCUT2D eigenvalue weighted by molar-refractivity contribution is -0.128. The Hall–Kier alpha value is -2.14. The van der Waals surface area contributed by atoms with Crippen molar-refractivity contribution in [2.45, 2.75) is 17.1 Å². The van der Waals surface area contributed by atoms with E-state index in [9.17, 15) is 9.00 Å². The second kappa shape index (κ2) is 9.37. The number of hydroxylamine groups is 1. The van der Waals surface area contributed by atoms with Crippen LogP contribution in [0.15, 0.2) is 57.9 Å². The Morgan fingerprint density at radius 2 is 2.04 bits per heavy atom. The van der Waals surface area contributed by atoms with Gasteiger partial charge in [0, 0.05) is 9.37 Å². The van der Waals surface area contributed by atoms with Crippen molar-refractivity contribution in [1.29, 1.82) is 0 Å². The van der Waals surface area contributed by atoms with Crippen LogP contribution in [0.5, 0.6) is 5.75 Å². The molecule has 0 aliphatic heterocycles. The molecule has 1 amide bonds. The van der Waals surface area contributed by atoms with Gasteiger partial charge < -0.3 is 4.74 Å². The van der Waals surface area contributed by atoms with Gasteiger partial charge in [-0.05, 0) is 48.9 Å². The summed E-state index contributed by atoms with van der Waals surface area (Å²) >= 11 is 3.33. The number of ether oxygens (including phenoxy) is 1. The molecular formula is C18H16BrNO4S. The van der Waals surface area contributed by atoms with Gasteiger partial charge in [0.05, 0.1) is 10.8 Å². The number of carbonyl (C=O) groups excluding carboxylic acids is 1. The van der Waals surface area contributed by atoms with Crippen LogP contribution < -0.4 is 10.2 Å². The maximum Gasteiger partial charge on any atom is 0.263 e. The first-order chi connectivity index (χ1) is 12.1. The summed E-state index contributed by atoms with van der Waals surface area (Å²) in [6.45, 7) is 2.00. The van der Waals surface area contributed by atoms with Crippen molar-refractivity contribution in [3.8, 4) is 17.6 Å². The zero-order valence-corrected chi connectivity index (χ0v) is 15.8. The fraction of sp³-hybridized carbons (Fsp3) is 0.167. The minimum atomic E-state index is -1.70. The van der Waals surface area contributed by atoms with Gasteiger partial charge >= 0.3 is 0 Å². The van der Waals surface area contributed by atoms with Crippen molar-refractivity contribution < 1.29 is 18.9 Å². The van der Waals surface area contributed by atoms with E-state index >= 15 is 0 Å². The molecule has 2 atom stereocenters. The molecule has 0 saturated heterocycles. The van der Waals surface area contributed by atoms with Gasteiger partial charge in [-0.25, -0.2) is 5.48 Å². The molecule has 5 nitrogen and oxygen atoms in total. The first-order valence-corrected chi connectivity index (χ1v) is 9.30. The van der Waals surface area contributed by atoms with E-state index in [-0.39, 0.29) is 6.61 Å². The number of hydrogen-bond donors (Lipinski definition) is 2. The molecule has 0 fully saturated rings. The van der Waals surface area contributed by atoms with Crippen molar-refractivity contribution in [3.63, 3.8) is 0 Å². The lowest BCUT2D eigenvalue weighted by atomic mass is 10.1. The zero-order chi connectivity index (χ0) is 18.2. The first-order valence-electron chi connectivity index (χ1n) is 7.29. The molecule has 0 spiro atoms. The first kappa shape index (κ1) is 19.2. The van der Waals surface area contributed by atoms with Gasteiger partial charge in [0.15, 0.2) is 0 Å². The number of benzene rings is 2. The van der Waals surface area contributed by atoms with E-state index in [1.54, 1.807) is 60.9 Å². The lowest BCUT2D eigenvalue weighted by Gasteiger charge is -2.15. The maximum absolute atomic E-state index is 12.9. The average molecular weight is 422 g/mol. The van der Waals surface area contributed by atoms with Crippen LogP contribution >= 0.6 is 15.9 Å². The molecule has 0 aliphatic carbocycles. The summed E-state index contributed by atoms with van der Waals surface area (Å²) < 4.78 is 19.1. The zero-order valence-electron chi connectivity index (χ0n) is 13.4. The normalized spacial score (nSPS) is 12.4. The van der Waals surface area contributed by atoms with Gasteiger partial charge in [-0.2, -0.15) is 0 Å². The number of nitrogens with one attached hydrogen (secondary N) is 1. The summed E-state index contributed by atoms with van der Waals surface area (Å²) in [5.74, 6) is 5.36. The highest BCUT2D eigenvalue weighted by Gasteiger charge is 2.28. The summed E-state index contributed by atoms with van der Waals surface area (Å²) in [6.07, 6.45) is 0. The van der Waals surface area contributed by atoms with E-state index in [1.807, 2.05) is 0 Å². The van der Waals surface area contributed by atoms with Gasteiger partial charge in [0.2, 0.25) is 0 Å². The van der Waals surface area contributed by atoms with Crippen LogP contribution in [0.3, 0.4) is 0 Å². The molecule has 0 saturated carbocycles. The van der Waals surface area contributed by atoms with Crippen molar-refractivity contribution in [3.05, 3.63) is 58.6 Å².